The number of rotatable bonds is 6. The number of benzene rings is 1. The summed E-state index contributed by atoms with van der Waals surface area (Å²) in [6.45, 7) is 5.36. The summed E-state index contributed by atoms with van der Waals surface area (Å²) in [6.07, 6.45) is 3.48. The summed E-state index contributed by atoms with van der Waals surface area (Å²) >= 11 is 5.99. The molecule has 1 aromatic carbocycles. The van der Waals surface area contributed by atoms with Gasteiger partial charge in [-0.1, -0.05) is 23.7 Å². The van der Waals surface area contributed by atoms with Crippen molar-refractivity contribution in [1.29, 1.82) is 0 Å². The molecule has 0 aliphatic carbocycles. The van der Waals surface area contributed by atoms with Gasteiger partial charge in [-0.05, 0) is 43.9 Å². The summed E-state index contributed by atoms with van der Waals surface area (Å²) in [5.74, 6) is 0.857. The zero-order valence-corrected chi connectivity index (χ0v) is 16.1. The lowest BCUT2D eigenvalue weighted by Crippen LogP contribution is -2.38. The summed E-state index contributed by atoms with van der Waals surface area (Å²) in [7, 11) is 0. The highest BCUT2D eigenvalue weighted by Crippen LogP contribution is 2.12. The van der Waals surface area contributed by atoms with E-state index in [1.54, 1.807) is 0 Å². The lowest BCUT2D eigenvalue weighted by molar-refractivity contribution is 0.117. The van der Waals surface area contributed by atoms with Crippen molar-refractivity contribution in [2.45, 2.75) is 32.3 Å². The van der Waals surface area contributed by atoms with Gasteiger partial charge in [0.05, 0.1) is 12.6 Å². The molecule has 0 bridgehead atoms. The van der Waals surface area contributed by atoms with Crippen LogP contribution in [0.4, 0.5) is 0 Å². The number of nitrogens with one attached hydrogen (secondary N) is 2. The molecule has 0 amide bonds. The van der Waals surface area contributed by atoms with Gasteiger partial charge in [-0.2, -0.15) is 0 Å². The van der Waals surface area contributed by atoms with Crippen LogP contribution in [0.3, 0.4) is 0 Å². The second-order valence-electron chi connectivity index (χ2n) is 5.16. The second kappa shape index (κ2) is 11.1. The van der Waals surface area contributed by atoms with Crippen LogP contribution in [0.15, 0.2) is 29.3 Å². The van der Waals surface area contributed by atoms with Crippen LogP contribution in [-0.2, 0) is 11.2 Å². The third-order valence-electron chi connectivity index (χ3n) is 3.42. The summed E-state index contributed by atoms with van der Waals surface area (Å²) in [4.78, 5) is 4.59. The van der Waals surface area contributed by atoms with Gasteiger partial charge in [0.1, 0.15) is 0 Å². The predicted octanol–water partition coefficient (Wildman–Crippen LogP) is 3.23. The van der Waals surface area contributed by atoms with Crippen LogP contribution < -0.4 is 10.6 Å². The van der Waals surface area contributed by atoms with E-state index in [1.165, 1.54) is 5.56 Å². The quantitative estimate of drug-likeness (QED) is 0.408. The number of guanidine groups is 1. The standard InChI is InChI=1S/C16H24ClN3O.HI/c1-2-18-16(20-12-15-7-4-10-21-15)19-9-8-13-5-3-6-14(17)11-13;/h3,5-6,11,15H,2,4,7-10,12H2,1H3,(H2,18,19,20);1H. The Bertz CT molecular complexity index is 464. The van der Waals surface area contributed by atoms with Crippen molar-refractivity contribution in [2.24, 2.45) is 4.99 Å². The first-order chi connectivity index (χ1) is 10.3. The number of aliphatic imine (C=N–C) groups is 1. The van der Waals surface area contributed by atoms with Gasteiger partial charge in [0, 0.05) is 24.7 Å². The number of nitrogens with zero attached hydrogens (tertiary/aromatic N) is 1. The lowest BCUT2D eigenvalue weighted by atomic mass is 10.1. The number of hydrogen-bond acceptors (Lipinski definition) is 2. The van der Waals surface area contributed by atoms with Gasteiger partial charge in [0.25, 0.3) is 0 Å². The predicted molar refractivity (Wildman–Crippen MR) is 104 cm³/mol. The van der Waals surface area contributed by atoms with Crippen molar-refractivity contribution < 1.29 is 4.74 Å². The molecule has 0 saturated carbocycles. The van der Waals surface area contributed by atoms with Crippen molar-refractivity contribution >= 4 is 41.5 Å². The normalized spacial score (nSPS) is 17.9. The first-order valence-corrected chi connectivity index (χ1v) is 8.04. The van der Waals surface area contributed by atoms with Gasteiger partial charge in [-0.3, -0.25) is 4.99 Å². The van der Waals surface area contributed by atoms with Gasteiger partial charge in [0.2, 0.25) is 0 Å². The van der Waals surface area contributed by atoms with Gasteiger partial charge >= 0.3 is 0 Å². The van der Waals surface area contributed by atoms with Crippen molar-refractivity contribution in [3.05, 3.63) is 34.9 Å². The van der Waals surface area contributed by atoms with E-state index in [2.05, 4.69) is 28.6 Å². The van der Waals surface area contributed by atoms with Crippen LogP contribution in [0.2, 0.25) is 5.02 Å². The minimum Gasteiger partial charge on any atom is -0.376 e. The molecule has 1 aliphatic rings. The highest BCUT2D eigenvalue weighted by Gasteiger charge is 2.14. The highest BCUT2D eigenvalue weighted by molar-refractivity contribution is 14.0. The molecule has 2 rings (SSSR count). The molecule has 0 radical (unpaired) electrons. The Kier molecular flexibility index (Phi) is 9.82. The Morgan fingerprint density at radius 1 is 1.41 bits per heavy atom. The van der Waals surface area contributed by atoms with Crippen molar-refractivity contribution in [3.63, 3.8) is 0 Å². The monoisotopic (exact) mass is 437 g/mol. The molecule has 4 nitrogen and oxygen atoms in total. The molecule has 1 atom stereocenters. The fraction of sp³-hybridized carbons (Fsp3) is 0.562. The zero-order valence-electron chi connectivity index (χ0n) is 13.0. The topological polar surface area (TPSA) is 45.7 Å². The summed E-state index contributed by atoms with van der Waals surface area (Å²) in [6, 6.07) is 7.96. The maximum Gasteiger partial charge on any atom is 0.191 e. The van der Waals surface area contributed by atoms with Crippen LogP contribution in [-0.4, -0.2) is 38.3 Å². The lowest BCUT2D eigenvalue weighted by Gasteiger charge is -2.13. The third-order valence-corrected chi connectivity index (χ3v) is 3.65. The molecule has 2 N–H and O–H groups in total. The molecular weight excluding hydrogens is 413 g/mol. The van der Waals surface area contributed by atoms with Crippen LogP contribution in [0.5, 0.6) is 0 Å². The van der Waals surface area contributed by atoms with E-state index in [0.29, 0.717) is 0 Å². The van der Waals surface area contributed by atoms with E-state index in [-0.39, 0.29) is 30.1 Å². The minimum absolute atomic E-state index is 0. The molecular formula is C16H25ClIN3O. The first-order valence-electron chi connectivity index (χ1n) is 7.66. The Balaban J connectivity index is 0.00000242. The van der Waals surface area contributed by atoms with E-state index in [4.69, 9.17) is 16.3 Å². The molecule has 6 heteroatoms. The largest absolute Gasteiger partial charge is 0.376 e. The Morgan fingerprint density at radius 3 is 2.95 bits per heavy atom. The Hall–Kier alpha value is -0.530. The maximum absolute atomic E-state index is 5.99. The van der Waals surface area contributed by atoms with E-state index < -0.39 is 0 Å². The molecule has 1 aliphatic heterocycles. The molecule has 0 spiro atoms. The third kappa shape index (κ3) is 7.15. The molecule has 1 unspecified atom stereocenters. The Labute approximate surface area is 155 Å². The number of ether oxygens (including phenoxy) is 1. The van der Waals surface area contributed by atoms with E-state index in [0.717, 1.165) is 56.5 Å². The van der Waals surface area contributed by atoms with Crippen LogP contribution >= 0.6 is 35.6 Å². The van der Waals surface area contributed by atoms with Gasteiger partial charge in [0.15, 0.2) is 5.96 Å². The molecule has 1 heterocycles. The number of hydrogen-bond donors (Lipinski definition) is 2. The first kappa shape index (κ1) is 19.5. The summed E-state index contributed by atoms with van der Waals surface area (Å²) < 4.78 is 5.59. The highest BCUT2D eigenvalue weighted by atomic mass is 127. The van der Waals surface area contributed by atoms with Crippen molar-refractivity contribution in [1.82, 2.24) is 10.6 Å². The Morgan fingerprint density at radius 2 is 2.27 bits per heavy atom. The second-order valence-corrected chi connectivity index (χ2v) is 5.60. The van der Waals surface area contributed by atoms with E-state index in [1.807, 2.05) is 18.2 Å². The van der Waals surface area contributed by atoms with E-state index >= 15 is 0 Å². The van der Waals surface area contributed by atoms with Crippen LogP contribution in [0.1, 0.15) is 25.3 Å². The van der Waals surface area contributed by atoms with Crippen LogP contribution in [0.25, 0.3) is 0 Å². The van der Waals surface area contributed by atoms with E-state index in [9.17, 15) is 0 Å². The molecule has 22 heavy (non-hydrogen) atoms. The van der Waals surface area contributed by atoms with Crippen molar-refractivity contribution in [3.8, 4) is 0 Å². The smallest absolute Gasteiger partial charge is 0.191 e. The molecule has 124 valence electrons. The molecule has 1 aromatic rings. The van der Waals surface area contributed by atoms with Gasteiger partial charge in [-0.15, -0.1) is 24.0 Å². The summed E-state index contributed by atoms with van der Waals surface area (Å²) in [5, 5.41) is 7.40. The zero-order chi connectivity index (χ0) is 14.9. The maximum atomic E-state index is 5.99. The fourth-order valence-corrected chi connectivity index (χ4v) is 2.55. The molecule has 1 fully saturated rings. The van der Waals surface area contributed by atoms with Crippen molar-refractivity contribution in [2.75, 3.05) is 26.2 Å². The average Bonchev–Trinajstić information content (AvgIpc) is 2.98. The summed E-state index contributed by atoms with van der Waals surface area (Å²) in [5.41, 5.74) is 1.23. The molecule has 1 saturated heterocycles. The number of halogens is 2. The van der Waals surface area contributed by atoms with Gasteiger partial charge < -0.3 is 15.4 Å². The van der Waals surface area contributed by atoms with Gasteiger partial charge in [-0.25, -0.2) is 0 Å². The minimum atomic E-state index is 0. The molecule has 0 aromatic heterocycles. The SMILES string of the molecule is CCNC(=NCC1CCCO1)NCCc1cccc(Cl)c1.I. The average molecular weight is 438 g/mol. The van der Waals surface area contributed by atoms with Crippen LogP contribution in [0, 0.1) is 0 Å². The fourth-order valence-electron chi connectivity index (χ4n) is 2.34.